The van der Waals surface area contributed by atoms with Gasteiger partial charge in [0.1, 0.15) is 5.75 Å². The van der Waals surface area contributed by atoms with Gasteiger partial charge in [0.15, 0.2) is 0 Å². The topological polar surface area (TPSA) is 67.4 Å². The Morgan fingerprint density at radius 1 is 1.45 bits per heavy atom. The van der Waals surface area contributed by atoms with Gasteiger partial charge >= 0.3 is 0 Å². The standard InChI is InChI=1S/C14H18N2O3S/c1-2-19-11-5-3-10(4-6-11)16-13(17)9-12-14(18)15-7-8-20-12/h3-6,12H,2,7-9H2,1H3,(H,15,18)(H,16,17)/t12-/m0/s1. The molecule has 0 spiro atoms. The van der Waals surface area contributed by atoms with E-state index >= 15 is 0 Å². The number of thioether (sulfide) groups is 1. The molecule has 1 aliphatic heterocycles. The first-order chi connectivity index (χ1) is 9.69. The summed E-state index contributed by atoms with van der Waals surface area (Å²) in [7, 11) is 0. The maximum Gasteiger partial charge on any atom is 0.233 e. The van der Waals surface area contributed by atoms with Gasteiger partial charge in [-0.05, 0) is 31.2 Å². The van der Waals surface area contributed by atoms with Gasteiger partial charge in [-0.2, -0.15) is 0 Å². The van der Waals surface area contributed by atoms with Gasteiger partial charge in [-0.15, -0.1) is 11.8 Å². The van der Waals surface area contributed by atoms with Gasteiger partial charge < -0.3 is 15.4 Å². The Morgan fingerprint density at radius 3 is 2.85 bits per heavy atom. The average molecular weight is 294 g/mol. The van der Waals surface area contributed by atoms with Crippen LogP contribution >= 0.6 is 11.8 Å². The molecule has 1 aromatic rings. The highest BCUT2D eigenvalue weighted by Gasteiger charge is 2.25. The molecule has 2 amide bonds. The lowest BCUT2D eigenvalue weighted by Crippen LogP contribution is -2.40. The maximum atomic E-state index is 11.9. The van der Waals surface area contributed by atoms with Crippen molar-refractivity contribution >= 4 is 29.3 Å². The highest BCUT2D eigenvalue weighted by molar-refractivity contribution is 8.00. The number of hydrogen-bond acceptors (Lipinski definition) is 4. The smallest absolute Gasteiger partial charge is 0.233 e. The van der Waals surface area contributed by atoms with E-state index < -0.39 is 0 Å². The number of rotatable bonds is 5. The molecule has 1 saturated heterocycles. The highest BCUT2D eigenvalue weighted by atomic mass is 32.2. The van der Waals surface area contributed by atoms with Crippen molar-refractivity contribution in [1.82, 2.24) is 5.32 Å². The predicted molar refractivity (Wildman–Crippen MR) is 80.1 cm³/mol. The third-order valence-corrected chi connectivity index (χ3v) is 4.06. The van der Waals surface area contributed by atoms with Crippen LogP contribution in [-0.2, 0) is 9.59 Å². The molecule has 6 heteroatoms. The summed E-state index contributed by atoms with van der Waals surface area (Å²) in [6.45, 7) is 3.21. The van der Waals surface area contributed by atoms with Gasteiger partial charge in [0, 0.05) is 24.4 Å². The third-order valence-electron chi connectivity index (χ3n) is 2.83. The summed E-state index contributed by atoms with van der Waals surface area (Å²) in [6, 6.07) is 7.19. The molecule has 0 aliphatic carbocycles. The number of carbonyl (C=O) groups is 2. The Bertz CT molecular complexity index is 476. The molecule has 1 heterocycles. The van der Waals surface area contributed by atoms with Gasteiger partial charge in [-0.1, -0.05) is 0 Å². The van der Waals surface area contributed by atoms with Crippen LogP contribution in [0.15, 0.2) is 24.3 Å². The van der Waals surface area contributed by atoms with Crippen LogP contribution in [0.2, 0.25) is 0 Å². The minimum Gasteiger partial charge on any atom is -0.494 e. The van der Waals surface area contributed by atoms with Crippen molar-refractivity contribution in [3.63, 3.8) is 0 Å². The molecule has 0 saturated carbocycles. The number of hydrogen-bond donors (Lipinski definition) is 2. The second-order valence-electron chi connectivity index (χ2n) is 4.36. The molecule has 5 nitrogen and oxygen atoms in total. The van der Waals surface area contributed by atoms with E-state index in [0.717, 1.165) is 11.5 Å². The lowest BCUT2D eigenvalue weighted by atomic mass is 10.2. The molecule has 2 rings (SSSR count). The second kappa shape index (κ2) is 7.19. The van der Waals surface area contributed by atoms with Crippen LogP contribution in [0.4, 0.5) is 5.69 Å². The van der Waals surface area contributed by atoms with E-state index in [9.17, 15) is 9.59 Å². The van der Waals surface area contributed by atoms with Crippen molar-refractivity contribution in [3.05, 3.63) is 24.3 Å². The fourth-order valence-corrected chi connectivity index (χ4v) is 2.91. The quantitative estimate of drug-likeness (QED) is 0.866. The van der Waals surface area contributed by atoms with Crippen LogP contribution in [0.1, 0.15) is 13.3 Å². The normalized spacial score (nSPS) is 18.2. The first-order valence-electron chi connectivity index (χ1n) is 6.61. The van der Waals surface area contributed by atoms with Crippen LogP contribution in [-0.4, -0.2) is 36.0 Å². The molecule has 1 atom stereocenters. The summed E-state index contributed by atoms with van der Waals surface area (Å²) >= 11 is 1.53. The van der Waals surface area contributed by atoms with Crippen LogP contribution in [0.3, 0.4) is 0 Å². The number of nitrogens with one attached hydrogen (secondary N) is 2. The second-order valence-corrected chi connectivity index (χ2v) is 5.67. The van der Waals surface area contributed by atoms with Gasteiger partial charge in [-0.3, -0.25) is 9.59 Å². The fraction of sp³-hybridized carbons (Fsp3) is 0.429. The van der Waals surface area contributed by atoms with Crippen LogP contribution in [0.25, 0.3) is 0 Å². The van der Waals surface area contributed by atoms with E-state index in [1.54, 1.807) is 24.3 Å². The number of ether oxygens (including phenoxy) is 1. The molecular formula is C14H18N2O3S. The molecular weight excluding hydrogens is 276 g/mol. The van der Waals surface area contributed by atoms with Crippen LogP contribution in [0.5, 0.6) is 5.75 Å². The van der Waals surface area contributed by atoms with E-state index in [-0.39, 0.29) is 23.5 Å². The van der Waals surface area contributed by atoms with Crippen molar-refractivity contribution in [2.75, 3.05) is 24.2 Å². The number of amides is 2. The highest BCUT2D eigenvalue weighted by Crippen LogP contribution is 2.20. The van der Waals surface area contributed by atoms with E-state index in [1.165, 1.54) is 11.8 Å². The predicted octanol–water partition coefficient (Wildman–Crippen LogP) is 1.65. The van der Waals surface area contributed by atoms with Crippen LogP contribution in [0, 0.1) is 0 Å². The maximum absolute atomic E-state index is 11.9. The van der Waals surface area contributed by atoms with Crippen LogP contribution < -0.4 is 15.4 Å². The molecule has 0 radical (unpaired) electrons. The Balaban J connectivity index is 1.85. The first-order valence-corrected chi connectivity index (χ1v) is 7.66. The van der Waals surface area contributed by atoms with E-state index in [4.69, 9.17) is 4.74 Å². The average Bonchev–Trinajstić information content (AvgIpc) is 2.44. The molecule has 20 heavy (non-hydrogen) atoms. The van der Waals surface area contributed by atoms with E-state index in [2.05, 4.69) is 10.6 Å². The van der Waals surface area contributed by atoms with Gasteiger partial charge in [0.2, 0.25) is 11.8 Å². The summed E-state index contributed by atoms with van der Waals surface area (Å²) in [4.78, 5) is 23.5. The first kappa shape index (κ1) is 14.7. The molecule has 108 valence electrons. The Labute approximate surface area is 122 Å². The zero-order valence-electron chi connectivity index (χ0n) is 11.3. The van der Waals surface area contributed by atoms with E-state index in [0.29, 0.717) is 18.8 Å². The van der Waals surface area contributed by atoms with Gasteiger partial charge in [0.25, 0.3) is 0 Å². The zero-order chi connectivity index (χ0) is 14.4. The number of benzene rings is 1. The molecule has 2 N–H and O–H groups in total. The van der Waals surface area contributed by atoms with Crippen molar-refractivity contribution in [2.24, 2.45) is 0 Å². The van der Waals surface area contributed by atoms with Crippen molar-refractivity contribution in [1.29, 1.82) is 0 Å². The molecule has 0 bridgehead atoms. The fourth-order valence-electron chi connectivity index (χ4n) is 1.90. The molecule has 0 unspecified atom stereocenters. The van der Waals surface area contributed by atoms with Gasteiger partial charge in [-0.25, -0.2) is 0 Å². The van der Waals surface area contributed by atoms with Crippen molar-refractivity contribution in [2.45, 2.75) is 18.6 Å². The van der Waals surface area contributed by atoms with Crippen molar-refractivity contribution < 1.29 is 14.3 Å². The summed E-state index contributed by atoms with van der Waals surface area (Å²) in [5, 5.41) is 5.27. The lowest BCUT2D eigenvalue weighted by molar-refractivity contribution is -0.123. The summed E-state index contributed by atoms with van der Waals surface area (Å²) in [5.74, 6) is 1.42. The lowest BCUT2D eigenvalue weighted by Gasteiger charge is -2.20. The monoisotopic (exact) mass is 294 g/mol. The Hall–Kier alpha value is -1.69. The third kappa shape index (κ3) is 4.16. The van der Waals surface area contributed by atoms with Crippen molar-refractivity contribution in [3.8, 4) is 5.75 Å². The van der Waals surface area contributed by atoms with Gasteiger partial charge in [0.05, 0.1) is 11.9 Å². The summed E-state index contributed by atoms with van der Waals surface area (Å²) in [5.41, 5.74) is 0.708. The SMILES string of the molecule is CCOc1ccc(NC(=O)C[C@@H]2SCCNC2=O)cc1. The Morgan fingerprint density at radius 2 is 2.20 bits per heavy atom. The summed E-state index contributed by atoms with van der Waals surface area (Å²) in [6.07, 6.45) is 0.198. The minimum atomic E-state index is -0.286. The number of carbonyl (C=O) groups excluding carboxylic acids is 2. The molecule has 0 aromatic heterocycles. The molecule has 1 aliphatic rings. The summed E-state index contributed by atoms with van der Waals surface area (Å²) < 4.78 is 5.33. The number of anilines is 1. The molecule has 1 fully saturated rings. The zero-order valence-corrected chi connectivity index (χ0v) is 12.2. The minimum absolute atomic E-state index is 0.0527. The van der Waals surface area contributed by atoms with E-state index in [1.807, 2.05) is 6.92 Å². The largest absolute Gasteiger partial charge is 0.494 e. The Kier molecular flexibility index (Phi) is 5.29. The molecule has 1 aromatic carbocycles.